The summed E-state index contributed by atoms with van der Waals surface area (Å²) in [5, 5.41) is 7.03. The van der Waals surface area contributed by atoms with E-state index in [-0.39, 0.29) is 0 Å². The van der Waals surface area contributed by atoms with Crippen LogP contribution in [0, 0.1) is 0 Å². The summed E-state index contributed by atoms with van der Waals surface area (Å²) in [4.78, 5) is 2.50. The molecule has 0 spiro atoms. The Labute approximate surface area is 394 Å². The van der Waals surface area contributed by atoms with E-state index in [9.17, 15) is 0 Å². The van der Waals surface area contributed by atoms with Crippen LogP contribution < -0.4 is 4.90 Å². The minimum Gasteiger partial charge on any atom is -0.456 e. The first-order valence-electron chi connectivity index (χ1n) is 23.4. The molecule has 0 fully saturated rings. The number of para-hydroxylation sites is 5. The van der Waals surface area contributed by atoms with Crippen molar-refractivity contribution in [3.05, 3.63) is 277 Å². The number of fused-ring (bicyclic) bond motifs is 10. The Bertz CT molecular complexity index is 4010. The molecule has 0 unspecified atom stereocenters. The van der Waals surface area contributed by atoms with Crippen molar-refractivity contribution >= 4 is 71.6 Å². The third kappa shape index (κ3) is 5.60. The van der Waals surface area contributed by atoms with Gasteiger partial charge in [-0.25, -0.2) is 0 Å². The minimum absolute atomic E-state index is 0.570. The summed E-state index contributed by atoms with van der Waals surface area (Å²) in [6.07, 6.45) is 0. The zero-order valence-electron chi connectivity index (χ0n) is 37.1. The highest BCUT2D eigenvalue weighted by atomic mass is 16.3. The topological polar surface area (TPSA) is 21.3 Å². The molecule has 2 aromatic heterocycles. The van der Waals surface area contributed by atoms with Crippen molar-refractivity contribution in [3.8, 4) is 27.9 Å². The molecule has 0 atom stereocenters. The summed E-state index contributed by atoms with van der Waals surface area (Å²) in [5.74, 6) is 0. The van der Waals surface area contributed by atoms with Crippen LogP contribution in [-0.4, -0.2) is 4.57 Å². The van der Waals surface area contributed by atoms with E-state index < -0.39 is 5.41 Å². The van der Waals surface area contributed by atoms with Gasteiger partial charge in [0.05, 0.1) is 33.5 Å². The van der Waals surface area contributed by atoms with Crippen LogP contribution in [0.3, 0.4) is 0 Å². The van der Waals surface area contributed by atoms with Gasteiger partial charge in [-0.05, 0) is 116 Å². The highest BCUT2D eigenvalue weighted by Gasteiger charge is 2.46. The molecule has 0 amide bonds. The van der Waals surface area contributed by atoms with Gasteiger partial charge in [0, 0.05) is 32.8 Å². The van der Waals surface area contributed by atoms with Crippen LogP contribution in [0.1, 0.15) is 22.3 Å². The lowest BCUT2D eigenvalue weighted by atomic mass is 9.67. The Morgan fingerprint density at radius 3 is 1.65 bits per heavy atom. The van der Waals surface area contributed by atoms with Gasteiger partial charge < -0.3 is 13.9 Å². The summed E-state index contributed by atoms with van der Waals surface area (Å²) in [6.45, 7) is 0. The SMILES string of the molecule is c1ccc(C2(c3ccccc3)c3ccccc3-c3ccc(N(c4ccccc4-c4ccc5oc6cc7ccccc7cc6c5c4)c4ccccc4-n4c5ccccc5c5ccccc54)cc32)cc1. The zero-order valence-corrected chi connectivity index (χ0v) is 37.1. The molecule has 11 aromatic carbocycles. The highest BCUT2D eigenvalue weighted by Crippen LogP contribution is 2.58. The molecule has 2 heterocycles. The fourth-order valence-electron chi connectivity index (χ4n) is 11.5. The molecule has 3 nitrogen and oxygen atoms in total. The van der Waals surface area contributed by atoms with E-state index in [4.69, 9.17) is 4.42 Å². The van der Waals surface area contributed by atoms with E-state index in [1.807, 2.05) is 0 Å². The van der Waals surface area contributed by atoms with E-state index in [0.717, 1.165) is 66.8 Å². The van der Waals surface area contributed by atoms with Crippen LogP contribution in [0.2, 0.25) is 0 Å². The maximum Gasteiger partial charge on any atom is 0.136 e. The van der Waals surface area contributed by atoms with Crippen molar-refractivity contribution in [2.45, 2.75) is 5.41 Å². The van der Waals surface area contributed by atoms with Gasteiger partial charge in [0.15, 0.2) is 0 Å². The smallest absolute Gasteiger partial charge is 0.136 e. The van der Waals surface area contributed by atoms with Gasteiger partial charge in [-0.15, -0.1) is 0 Å². The molecule has 318 valence electrons. The van der Waals surface area contributed by atoms with E-state index in [2.05, 4.69) is 264 Å². The summed E-state index contributed by atoms with van der Waals surface area (Å²) in [6, 6.07) is 93.3. The Kier molecular flexibility index (Phi) is 8.50. The van der Waals surface area contributed by atoms with Crippen LogP contribution in [0.25, 0.3) is 82.5 Å². The zero-order chi connectivity index (χ0) is 44.8. The summed E-state index contributed by atoms with van der Waals surface area (Å²) in [7, 11) is 0. The molecule has 1 aliphatic carbocycles. The van der Waals surface area contributed by atoms with Crippen molar-refractivity contribution in [3.63, 3.8) is 0 Å². The van der Waals surface area contributed by atoms with E-state index in [0.29, 0.717) is 0 Å². The number of benzene rings is 11. The fraction of sp³-hybridized carbons (Fsp3) is 0.0154. The second-order valence-electron chi connectivity index (χ2n) is 18.0. The number of furan rings is 1. The van der Waals surface area contributed by atoms with E-state index in [1.165, 1.54) is 54.9 Å². The van der Waals surface area contributed by atoms with Gasteiger partial charge in [-0.2, -0.15) is 0 Å². The van der Waals surface area contributed by atoms with Crippen molar-refractivity contribution in [2.75, 3.05) is 4.90 Å². The minimum atomic E-state index is -0.570. The molecule has 13 aromatic rings. The number of rotatable bonds is 7. The lowest BCUT2D eigenvalue weighted by molar-refractivity contribution is 0.669. The first kappa shape index (κ1) is 38.4. The average Bonchev–Trinajstić information content (AvgIpc) is 4.04. The van der Waals surface area contributed by atoms with E-state index in [1.54, 1.807) is 0 Å². The van der Waals surface area contributed by atoms with Crippen LogP contribution in [-0.2, 0) is 5.41 Å². The Morgan fingerprint density at radius 2 is 0.912 bits per heavy atom. The molecule has 68 heavy (non-hydrogen) atoms. The van der Waals surface area contributed by atoms with Gasteiger partial charge >= 0.3 is 0 Å². The maximum absolute atomic E-state index is 6.54. The Morgan fingerprint density at radius 1 is 0.353 bits per heavy atom. The van der Waals surface area contributed by atoms with Crippen LogP contribution in [0.4, 0.5) is 17.1 Å². The van der Waals surface area contributed by atoms with Gasteiger partial charge in [-0.3, -0.25) is 0 Å². The van der Waals surface area contributed by atoms with Crippen molar-refractivity contribution in [2.24, 2.45) is 0 Å². The summed E-state index contributed by atoms with van der Waals surface area (Å²) in [5.41, 5.74) is 17.5. The van der Waals surface area contributed by atoms with Gasteiger partial charge in [0.1, 0.15) is 11.2 Å². The van der Waals surface area contributed by atoms with Gasteiger partial charge in [0.25, 0.3) is 0 Å². The number of anilines is 3. The molecular formula is C65H42N2O. The Balaban J connectivity index is 1.06. The second kappa shape index (κ2) is 15.1. The summed E-state index contributed by atoms with van der Waals surface area (Å²) < 4.78 is 8.99. The molecule has 0 aliphatic heterocycles. The molecule has 3 heteroatoms. The molecule has 0 radical (unpaired) electrons. The van der Waals surface area contributed by atoms with Crippen LogP contribution in [0.15, 0.2) is 259 Å². The van der Waals surface area contributed by atoms with Crippen molar-refractivity contribution in [1.82, 2.24) is 4.57 Å². The number of aromatic nitrogens is 1. The van der Waals surface area contributed by atoms with Crippen molar-refractivity contribution < 1.29 is 4.42 Å². The quantitative estimate of drug-likeness (QED) is 0.159. The first-order valence-corrected chi connectivity index (χ1v) is 23.4. The molecular weight excluding hydrogens is 825 g/mol. The molecule has 1 aliphatic rings. The van der Waals surface area contributed by atoms with Gasteiger partial charge in [-0.1, -0.05) is 188 Å². The third-order valence-corrected chi connectivity index (χ3v) is 14.4. The molecule has 0 N–H and O–H groups in total. The van der Waals surface area contributed by atoms with Crippen LogP contribution >= 0.6 is 0 Å². The predicted octanol–water partition coefficient (Wildman–Crippen LogP) is 17.3. The fourth-order valence-corrected chi connectivity index (χ4v) is 11.5. The number of hydrogen-bond donors (Lipinski definition) is 0. The second-order valence-corrected chi connectivity index (χ2v) is 18.0. The molecule has 14 rings (SSSR count). The first-order chi connectivity index (χ1) is 33.7. The summed E-state index contributed by atoms with van der Waals surface area (Å²) >= 11 is 0. The van der Waals surface area contributed by atoms with Crippen molar-refractivity contribution in [1.29, 1.82) is 0 Å². The monoisotopic (exact) mass is 866 g/mol. The number of nitrogens with zero attached hydrogens (tertiary/aromatic N) is 2. The van der Waals surface area contributed by atoms with Gasteiger partial charge in [0.2, 0.25) is 0 Å². The Hall–Kier alpha value is -8.92. The normalized spacial score (nSPS) is 12.8. The average molecular weight is 867 g/mol. The molecule has 0 saturated heterocycles. The number of hydrogen-bond acceptors (Lipinski definition) is 2. The lowest BCUT2D eigenvalue weighted by Gasteiger charge is -2.35. The van der Waals surface area contributed by atoms with E-state index >= 15 is 0 Å². The van der Waals surface area contributed by atoms with Crippen LogP contribution in [0.5, 0.6) is 0 Å². The maximum atomic E-state index is 6.54. The largest absolute Gasteiger partial charge is 0.456 e. The highest BCUT2D eigenvalue weighted by molar-refractivity contribution is 6.12. The predicted molar refractivity (Wildman–Crippen MR) is 283 cm³/mol. The lowest BCUT2D eigenvalue weighted by Crippen LogP contribution is -2.28. The molecule has 0 saturated carbocycles. The third-order valence-electron chi connectivity index (χ3n) is 14.4. The molecule has 0 bridgehead atoms. The standard InChI is InChI=1S/C65H42N2O/c1-3-21-46(22-4-1)65(47-23-5-2-6-24-47)56-29-13-9-26-50(56)51-37-36-48(42-57(51)65)66(61-33-17-18-34-62(61)67-59-31-15-11-27-52(59)53-28-12-16-32-60(53)67)58-30-14-10-25-49(58)45-35-38-63-54(40-45)55-39-43-19-7-8-20-44(43)41-64(55)68-63/h1-42H.